The number of anilines is 1. The van der Waals surface area contributed by atoms with Crippen LogP contribution in [0.15, 0.2) is 24.7 Å². The smallest absolute Gasteiger partial charge is 0.309 e. The Labute approximate surface area is 107 Å². The highest BCUT2D eigenvalue weighted by molar-refractivity contribution is 5.88. The molecule has 2 aromatic heterocycles. The Hall–Kier alpha value is -2.84. The Kier molecular flexibility index (Phi) is 3.76. The van der Waals surface area contributed by atoms with Crippen LogP contribution in [0, 0.1) is 0 Å². The van der Waals surface area contributed by atoms with Gasteiger partial charge in [0, 0.05) is 18.6 Å². The lowest BCUT2D eigenvalue weighted by Gasteiger charge is -2.01. The van der Waals surface area contributed by atoms with Crippen molar-refractivity contribution in [1.82, 2.24) is 25.0 Å². The van der Waals surface area contributed by atoms with Gasteiger partial charge in [-0.1, -0.05) is 5.21 Å². The van der Waals surface area contributed by atoms with E-state index in [1.54, 1.807) is 6.07 Å². The minimum atomic E-state index is -1.01. The van der Waals surface area contributed by atoms with Gasteiger partial charge in [0.15, 0.2) is 0 Å². The molecule has 0 bridgehead atoms. The summed E-state index contributed by atoms with van der Waals surface area (Å²) in [4.78, 5) is 29.8. The zero-order chi connectivity index (χ0) is 13.7. The minimum absolute atomic E-state index is 0.0924. The molecule has 1 amide bonds. The fourth-order valence-corrected chi connectivity index (χ4v) is 1.33. The highest BCUT2D eigenvalue weighted by atomic mass is 16.4. The summed E-state index contributed by atoms with van der Waals surface area (Å²) in [7, 11) is 0. The van der Waals surface area contributed by atoms with Crippen molar-refractivity contribution in [3.63, 3.8) is 0 Å². The van der Waals surface area contributed by atoms with Crippen LogP contribution in [0.1, 0.15) is 5.69 Å². The Bertz CT molecular complexity index is 582. The van der Waals surface area contributed by atoms with Gasteiger partial charge in [-0.2, -0.15) is 0 Å². The number of nitrogens with one attached hydrogen (secondary N) is 1. The van der Waals surface area contributed by atoms with Crippen LogP contribution in [-0.4, -0.2) is 41.9 Å². The largest absolute Gasteiger partial charge is 0.481 e. The summed E-state index contributed by atoms with van der Waals surface area (Å²) in [6.07, 6.45) is 4.18. The van der Waals surface area contributed by atoms with E-state index in [1.807, 2.05) is 0 Å². The molecule has 0 saturated carbocycles. The zero-order valence-corrected chi connectivity index (χ0v) is 9.72. The Morgan fingerprint density at radius 3 is 2.74 bits per heavy atom. The van der Waals surface area contributed by atoms with Gasteiger partial charge in [0.2, 0.25) is 11.9 Å². The third kappa shape index (κ3) is 3.84. The van der Waals surface area contributed by atoms with Crippen molar-refractivity contribution in [2.75, 3.05) is 5.32 Å². The van der Waals surface area contributed by atoms with Crippen molar-refractivity contribution in [2.45, 2.75) is 13.0 Å². The maximum atomic E-state index is 11.6. The van der Waals surface area contributed by atoms with Crippen LogP contribution in [0.5, 0.6) is 0 Å². The number of hydrogen-bond acceptors (Lipinski definition) is 6. The lowest BCUT2D eigenvalue weighted by atomic mass is 10.3. The second kappa shape index (κ2) is 5.67. The molecule has 0 radical (unpaired) electrons. The Balaban J connectivity index is 1.92. The number of carboxylic acids is 1. The molecule has 0 unspecified atom stereocenters. The second-order valence-electron chi connectivity index (χ2n) is 3.60. The first-order chi connectivity index (χ1) is 9.13. The standard InChI is InChI=1S/C10H10N6O3/c17-8(13-10-11-2-1-3-12-10)6-16-5-7(14-15-16)4-9(18)19/h1-3,5H,4,6H2,(H,18,19)(H,11,12,13,17). The first-order valence-corrected chi connectivity index (χ1v) is 5.31. The number of rotatable bonds is 5. The number of carboxylic acid groups (broad SMARTS) is 1. The predicted octanol–water partition coefficient (Wildman–Crippen LogP) is -0.666. The average molecular weight is 262 g/mol. The summed E-state index contributed by atoms with van der Waals surface area (Å²) < 4.78 is 1.25. The molecule has 2 heterocycles. The van der Waals surface area contributed by atoms with Crippen LogP contribution in [0.4, 0.5) is 5.95 Å². The molecule has 2 N–H and O–H groups in total. The lowest BCUT2D eigenvalue weighted by molar-refractivity contribution is -0.136. The van der Waals surface area contributed by atoms with Crippen LogP contribution in [0.3, 0.4) is 0 Å². The number of hydrogen-bond donors (Lipinski definition) is 2. The van der Waals surface area contributed by atoms with E-state index in [2.05, 4.69) is 25.6 Å². The summed E-state index contributed by atoms with van der Waals surface area (Å²) in [5, 5.41) is 18.3. The van der Waals surface area contributed by atoms with Crippen LogP contribution in [0.2, 0.25) is 0 Å². The van der Waals surface area contributed by atoms with Gasteiger partial charge in [-0.3, -0.25) is 14.9 Å². The number of nitrogens with zero attached hydrogens (tertiary/aromatic N) is 5. The topological polar surface area (TPSA) is 123 Å². The summed E-state index contributed by atoms with van der Waals surface area (Å²) in [5.41, 5.74) is 0.288. The highest BCUT2D eigenvalue weighted by Gasteiger charge is 2.09. The van der Waals surface area contributed by atoms with Gasteiger partial charge in [0.1, 0.15) is 6.54 Å². The third-order valence-electron chi connectivity index (χ3n) is 2.04. The molecule has 0 aliphatic rings. The summed E-state index contributed by atoms with van der Waals surface area (Å²) >= 11 is 0. The monoisotopic (exact) mass is 262 g/mol. The van der Waals surface area contributed by atoms with Crippen LogP contribution >= 0.6 is 0 Å². The summed E-state index contributed by atoms with van der Waals surface area (Å²) in [6.45, 7) is -0.0924. The van der Waals surface area contributed by atoms with Gasteiger partial charge >= 0.3 is 5.97 Å². The lowest BCUT2D eigenvalue weighted by Crippen LogP contribution is -2.20. The first-order valence-electron chi connectivity index (χ1n) is 5.31. The quantitative estimate of drug-likeness (QED) is 0.732. The number of carbonyl (C=O) groups excluding carboxylic acids is 1. The average Bonchev–Trinajstić information content (AvgIpc) is 2.76. The molecule has 0 aliphatic heterocycles. The van der Waals surface area contributed by atoms with E-state index in [-0.39, 0.29) is 30.5 Å². The molecule has 9 heteroatoms. The van der Waals surface area contributed by atoms with E-state index in [4.69, 9.17) is 5.11 Å². The number of amides is 1. The van der Waals surface area contributed by atoms with Crippen molar-refractivity contribution in [1.29, 1.82) is 0 Å². The molecule has 2 aromatic rings. The van der Waals surface area contributed by atoms with E-state index in [1.165, 1.54) is 23.3 Å². The third-order valence-corrected chi connectivity index (χ3v) is 2.04. The van der Waals surface area contributed by atoms with Gasteiger partial charge in [-0.25, -0.2) is 14.6 Å². The molecule has 0 fully saturated rings. The minimum Gasteiger partial charge on any atom is -0.481 e. The van der Waals surface area contributed by atoms with Crippen molar-refractivity contribution < 1.29 is 14.7 Å². The fraction of sp³-hybridized carbons (Fsp3) is 0.200. The maximum absolute atomic E-state index is 11.6. The first kappa shape index (κ1) is 12.6. The van der Waals surface area contributed by atoms with Gasteiger partial charge < -0.3 is 5.11 Å². The van der Waals surface area contributed by atoms with Crippen LogP contribution in [-0.2, 0) is 22.6 Å². The van der Waals surface area contributed by atoms with Gasteiger partial charge in [0.25, 0.3) is 0 Å². The van der Waals surface area contributed by atoms with E-state index >= 15 is 0 Å². The number of carbonyl (C=O) groups is 2. The maximum Gasteiger partial charge on any atom is 0.309 e. The summed E-state index contributed by atoms with van der Waals surface area (Å²) in [5.74, 6) is -1.19. The van der Waals surface area contributed by atoms with E-state index in [0.717, 1.165) is 0 Å². The zero-order valence-electron chi connectivity index (χ0n) is 9.72. The molecule has 2 rings (SSSR count). The van der Waals surface area contributed by atoms with E-state index in [0.29, 0.717) is 0 Å². The summed E-state index contributed by atoms with van der Waals surface area (Å²) in [6, 6.07) is 1.63. The predicted molar refractivity (Wildman–Crippen MR) is 62.0 cm³/mol. The normalized spacial score (nSPS) is 10.1. The van der Waals surface area contributed by atoms with Crippen molar-refractivity contribution >= 4 is 17.8 Å². The van der Waals surface area contributed by atoms with E-state index in [9.17, 15) is 9.59 Å². The Morgan fingerprint density at radius 1 is 1.32 bits per heavy atom. The van der Waals surface area contributed by atoms with E-state index < -0.39 is 5.97 Å². The van der Waals surface area contributed by atoms with Crippen LogP contribution in [0.25, 0.3) is 0 Å². The molecule has 19 heavy (non-hydrogen) atoms. The molecule has 9 nitrogen and oxygen atoms in total. The molecular weight excluding hydrogens is 252 g/mol. The molecular formula is C10H10N6O3. The second-order valence-corrected chi connectivity index (χ2v) is 3.60. The molecule has 0 spiro atoms. The molecule has 0 aromatic carbocycles. The van der Waals surface area contributed by atoms with Crippen molar-refractivity contribution in [3.8, 4) is 0 Å². The van der Waals surface area contributed by atoms with Crippen molar-refractivity contribution in [2.24, 2.45) is 0 Å². The van der Waals surface area contributed by atoms with Crippen molar-refractivity contribution in [3.05, 3.63) is 30.4 Å². The van der Waals surface area contributed by atoms with Gasteiger partial charge in [0.05, 0.1) is 12.1 Å². The Morgan fingerprint density at radius 2 is 2.05 bits per heavy atom. The van der Waals surface area contributed by atoms with Gasteiger partial charge in [-0.15, -0.1) is 5.10 Å². The SMILES string of the molecule is O=C(O)Cc1cn(CC(=O)Nc2ncccn2)nn1. The van der Waals surface area contributed by atoms with Gasteiger partial charge in [-0.05, 0) is 6.07 Å². The molecule has 98 valence electrons. The molecule has 0 aliphatic carbocycles. The molecule has 0 saturated heterocycles. The fourth-order valence-electron chi connectivity index (χ4n) is 1.33. The number of aliphatic carboxylic acids is 1. The highest BCUT2D eigenvalue weighted by Crippen LogP contribution is 1.97. The van der Waals surface area contributed by atoms with Crippen LogP contribution < -0.4 is 5.32 Å². The molecule has 0 atom stereocenters. The number of aromatic nitrogens is 5.